The lowest BCUT2D eigenvalue weighted by molar-refractivity contribution is -0.115. The normalized spacial score (nSPS) is 10.9. The molecule has 4 rings (SSSR count). The Kier molecular flexibility index (Phi) is 6.27. The number of amides is 1. The molecule has 29 heavy (non-hydrogen) atoms. The van der Waals surface area contributed by atoms with Gasteiger partial charge in [-0.15, -0.1) is 0 Å². The van der Waals surface area contributed by atoms with Crippen LogP contribution < -0.4 is 5.32 Å². The molecule has 2 aromatic carbocycles. The summed E-state index contributed by atoms with van der Waals surface area (Å²) >= 11 is 1.73. The molecule has 1 N–H and O–H groups in total. The van der Waals surface area contributed by atoms with Crippen molar-refractivity contribution in [3.63, 3.8) is 0 Å². The minimum Gasteiger partial charge on any atom is -0.326 e. The lowest BCUT2D eigenvalue weighted by Gasteiger charge is -2.11. The average molecular weight is 402 g/mol. The number of aromatic nitrogens is 2. The van der Waals surface area contributed by atoms with Gasteiger partial charge in [0.25, 0.3) is 0 Å². The number of fused-ring (bicyclic) bond motifs is 1. The van der Waals surface area contributed by atoms with Crippen molar-refractivity contribution in [1.29, 1.82) is 0 Å². The van der Waals surface area contributed by atoms with Gasteiger partial charge in [-0.25, -0.2) is 4.98 Å². The second kappa shape index (κ2) is 9.43. The third-order valence-corrected chi connectivity index (χ3v) is 5.66. The van der Waals surface area contributed by atoms with Crippen molar-refractivity contribution in [2.24, 2.45) is 0 Å². The fourth-order valence-electron chi connectivity index (χ4n) is 3.22. The molecule has 0 spiro atoms. The molecule has 0 fully saturated rings. The molecule has 0 unspecified atom stereocenters. The number of rotatable bonds is 8. The van der Waals surface area contributed by atoms with Crippen LogP contribution in [-0.2, 0) is 17.0 Å². The third kappa shape index (κ3) is 5.27. The third-order valence-electron chi connectivity index (χ3n) is 4.67. The van der Waals surface area contributed by atoms with Crippen molar-refractivity contribution >= 4 is 29.0 Å². The van der Waals surface area contributed by atoms with Crippen LogP contribution in [0.5, 0.6) is 0 Å². The maximum Gasteiger partial charge on any atom is 0.225 e. The van der Waals surface area contributed by atoms with Gasteiger partial charge in [0.2, 0.25) is 5.91 Å². The Morgan fingerprint density at radius 2 is 1.76 bits per heavy atom. The highest BCUT2D eigenvalue weighted by Gasteiger charge is 2.08. The monoisotopic (exact) mass is 401 g/mol. The number of thioether (sulfide) groups is 1. The first kappa shape index (κ1) is 19.3. The Morgan fingerprint density at radius 1 is 0.966 bits per heavy atom. The molecule has 2 aromatic heterocycles. The fraction of sp³-hybridized carbons (Fsp3) is 0.167. The Balaban J connectivity index is 1.27. The lowest BCUT2D eigenvalue weighted by atomic mass is 10.0. The molecule has 0 saturated heterocycles. The number of hydrogen-bond acceptors (Lipinski definition) is 3. The van der Waals surface area contributed by atoms with E-state index in [1.54, 1.807) is 11.8 Å². The van der Waals surface area contributed by atoms with E-state index in [-0.39, 0.29) is 5.91 Å². The molecule has 146 valence electrons. The predicted molar refractivity (Wildman–Crippen MR) is 120 cm³/mol. The van der Waals surface area contributed by atoms with E-state index >= 15 is 0 Å². The number of carbonyl (C=O) groups excluding carboxylic acids is 1. The summed E-state index contributed by atoms with van der Waals surface area (Å²) in [6, 6.07) is 24.3. The van der Waals surface area contributed by atoms with Gasteiger partial charge in [-0.3, -0.25) is 4.79 Å². The highest BCUT2D eigenvalue weighted by atomic mass is 32.2. The molecule has 0 radical (unpaired) electrons. The van der Waals surface area contributed by atoms with Crippen LogP contribution in [0.3, 0.4) is 0 Å². The SMILES string of the molecule is O=C(CCSCc1cn2ccccc2n1)Nc1ccccc1Cc1ccccc1. The topological polar surface area (TPSA) is 46.4 Å². The highest BCUT2D eigenvalue weighted by Crippen LogP contribution is 2.20. The summed E-state index contributed by atoms with van der Waals surface area (Å²) < 4.78 is 2.02. The molecule has 0 aliphatic heterocycles. The van der Waals surface area contributed by atoms with Gasteiger partial charge in [0.15, 0.2) is 0 Å². The van der Waals surface area contributed by atoms with E-state index in [4.69, 9.17) is 0 Å². The number of carbonyl (C=O) groups is 1. The quantitative estimate of drug-likeness (QED) is 0.414. The molecule has 0 aliphatic carbocycles. The van der Waals surface area contributed by atoms with Gasteiger partial charge in [-0.05, 0) is 35.7 Å². The summed E-state index contributed by atoms with van der Waals surface area (Å²) in [6.45, 7) is 0. The minimum absolute atomic E-state index is 0.0491. The smallest absolute Gasteiger partial charge is 0.225 e. The van der Waals surface area contributed by atoms with E-state index in [2.05, 4.69) is 28.5 Å². The van der Waals surface area contributed by atoms with Crippen LogP contribution >= 0.6 is 11.8 Å². The molecule has 0 aliphatic rings. The largest absolute Gasteiger partial charge is 0.326 e. The Labute approximate surface area is 175 Å². The van der Waals surface area contributed by atoms with Crippen LogP contribution in [0.15, 0.2) is 85.2 Å². The molecule has 2 heterocycles. The molecule has 0 atom stereocenters. The summed E-state index contributed by atoms with van der Waals surface area (Å²) in [5.74, 6) is 1.62. The molecule has 4 nitrogen and oxygen atoms in total. The van der Waals surface area contributed by atoms with E-state index in [0.717, 1.165) is 40.5 Å². The Morgan fingerprint density at radius 3 is 2.62 bits per heavy atom. The number of anilines is 1. The number of hydrogen-bond donors (Lipinski definition) is 1. The number of pyridine rings is 1. The second-order valence-corrected chi connectivity index (χ2v) is 7.97. The van der Waals surface area contributed by atoms with E-state index in [0.29, 0.717) is 6.42 Å². The molecule has 0 saturated carbocycles. The lowest BCUT2D eigenvalue weighted by Crippen LogP contribution is -2.13. The zero-order chi connectivity index (χ0) is 19.9. The maximum absolute atomic E-state index is 12.4. The first-order valence-corrected chi connectivity index (χ1v) is 10.9. The van der Waals surface area contributed by atoms with Gasteiger partial charge >= 0.3 is 0 Å². The second-order valence-electron chi connectivity index (χ2n) is 6.87. The van der Waals surface area contributed by atoms with Crippen molar-refractivity contribution in [2.45, 2.75) is 18.6 Å². The van der Waals surface area contributed by atoms with Gasteiger partial charge in [-0.1, -0.05) is 54.6 Å². The maximum atomic E-state index is 12.4. The standard InChI is InChI=1S/C24H23N3OS/c28-24(13-15-29-18-21-17-27-14-7-6-12-23(27)25-21)26-22-11-5-4-10-20(22)16-19-8-2-1-3-9-19/h1-12,14,17H,13,15-16,18H2,(H,26,28). The van der Waals surface area contributed by atoms with Crippen molar-refractivity contribution in [2.75, 3.05) is 11.1 Å². The summed E-state index contributed by atoms with van der Waals surface area (Å²) in [6.07, 6.45) is 5.33. The van der Waals surface area contributed by atoms with Crippen LogP contribution in [-0.4, -0.2) is 21.0 Å². The van der Waals surface area contributed by atoms with E-state index in [9.17, 15) is 4.79 Å². The van der Waals surface area contributed by atoms with Crippen LogP contribution in [0.4, 0.5) is 5.69 Å². The summed E-state index contributed by atoms with van der Waals surface area (Å²) in [4.78, 5) is 17.0. The van der Waals surface area contributed by atoms with Crippen LogP contribution in [0.25, 0.3) is 5.65 Å². The molecule has 1 amide bonds. The zero-order valence-corrected chi connectivity index (χ0v) is 16.9. The van der Waals surface area contributed by atoms with E-state index < -0.39 is 0 Å². The summed E-state index contributed by atoms with van der Waals surface area (Å²) in [5, 5.41) is 3.08. The number of para-hydroxylation sites is 1. The molecule has 0 bridgehead atoms. The van der Waals surface area contributed by atoms with Crippen LogP contribution in [0.2, 0.25) is 0 Å². The van der Waals surface area contributed by atoms with Crippen LogP contribution in [0, 0.1) is 0 Å². The molecular weight excluding hydrogens is 378 g/mol. The fourth-order valence-corrected chi connectivity index (χ4v) is 4.05. The van der Waals surface area contributed by atoms with Crippen molar-refractivity contribution in [3.8, 4) is 0 Å². The van der Waals surface area contributed by atoms with Crippen molar-refractivity contribution < 1.29 is 4.79 Å². The first-order valence-electron chi connectivity index (χ1n) is 9.70. The number of nitrogens with zero attached hydrogens (tertiary/aromatic N) is 2. The van der Waals surface area contributed by atoms with E-state index in [1.165, 1.54) is 5.56 Å². The van der Waals surface area contributed by atoms with Crippen LogP contribution in [0.1, 0.15) is 23.2 Å². The number of imidazole rings is 1. The molecule has 4 aromatic rings. The first-order chi connectivity index (χ1) is 14.3. The van der Waals surface area contributed by atoms with Crippen molar-refractivity contribution in [3.05, 3.63) is 102 Å². The highest BCUT2D eigenvalue weighted by molar-refractivity contribution is 7.98. The molecular formula is C24H23N3OS. The average Bonchev–Trinajstić information content (AvgIpc) is 3.16. The number of nitrogens with one attached hydrogen (secondary N) is 1. The molecule has 5 heteroatoms. The van der Waals surface area contributed by atoms with Gasteiger partial charge < -0.3 is 9.72 Å². The predicted octanol–water partition coefficient (Wildman–Crippen LogP) is 5.19. The Hall–Kier alpha value is -3.05. The Bertz CT molecular complexity index is 1060. The summed E-state index contributed by atoms with van der Waals surface area (Å²) in [7, 11) is 0. The van der Waals surface area contributed by atoms with Gasteiger partial charge in [0, 0.05) is 36.0 Å². The van der Waals surface area contributed by atoms with E-state index in [1.807, 2.05) is 71.4 Å². The zero-order valence-electron chi connectivity index (χ0n) is 16.1. The van der Waals surface area contributed by atoms with Gasteiger partial charge in [0.05, 0.1) is 5.69 Å². The van der Waals surface area contributed by atoms with Gasteiger partial charge in [-0.2, -0.15) is 11.8 Å². The summed E-state index contributed by atoms with van der Waals surface area (Å²) in [5.41, 5.74) is 5.25. The van der Waals surface area contributed by atoms with Gasteiger partial charge in [0.1, 0.15) is 5.65 Å². The van der Waals surface area contributed by atoms with Crippen molar-refractivity contribution in [1.82, 2.24) is 9.38 Å². The number of benzene rings is 2. The minimum atomic E-state index is 0.0491.